The SMILES string of the molecule is C[C@H](NC(=O)[C@@H](CC(=O)C1=CCC(=O)C=C1)C(C)(C)C)C(=O)O. The largest absolute Gasteiger partial charge is 0.480 e. The summed E-state index contributed by atoms with van der Waals surface area (Å²) in [6, 6.07) is -1.02. The average molecular weight is 321 g/mol. The van der Waals surface area contributed by atoms with Crippen LogP contribution in [0.3, 0.4) is 0 Å². The summed E-state index contributed by atoms with van der Waals surface area (Å²) in [6.45, 7) is 6.85. The maximum Gasteiger partial charge on any atom is 0.325 e. The number of carboxylic acid groups (broad SMARTS) is 1. The number of carbonyl (C=O) groups is 4. The van der Waals surface area contributed by atoms with E-state index in [1.54, 1.807) is 6.08 Å². The Labute approximate surface area is 135 Å². The summed E-state index contributed by atoms with van der Waals surface area (Å²) < 4.78 is 0. The highest BCUT2D eigenvalue weighted by Gasteiger charge is 2.35. The minimum Gasteiger partial charge on any atom is -0.480 e. The molecule has 6 heteroatoms. The first-order valence-corrected chi connectivity index (χ1v) is 7.50. The van der Waals surface area contributed by atoms with Crippen LogP contribution in [-0.2, 0) is 19.2 Å². The number of nitrogens with one attached hydrogen (secondary N) is 1. The van der Waals surface area contributed by atoms with Crippen molar-refractivity contribution in [3.8, 4) is 0 Å². The number of allylic oxidation sites excluding steroid dienone is 4. The van der Waals surface area contributed by atoms with Crippen molar-refractivity contribution in [1.82, 2.24) is 5.32 Å². The monoisotopic (exact) mass is 321 g/mol. The Kier molecular flexibility index (Phi) is 6.01. The fraction of sp³-hybridized carbons (Fsp3) is 0.529. The van der Waals surface area contributed by atoms with Crippen molar-refractivity contribution in [3.05, 3.63) is 23.8 Å². The van der Waals surface area contributed by atoms with Crippen LogP contribution in [-0.4, -0.2) is 34.6 Å². The summed E-state index contributed by atoms with van der Waals surface area (Å²) in [5.74, 6) is -2.55. The van der Waals surface area contributed by atoms with Gasteiger partial charge in [0.05, 0.1) is 5.92 Å². The third-order valence-electron chi connectivity index (χ3n) is 3.77. The van der Waals surface area contributed by atoms with Gasteiger partial charge in [-0.05, 0) is 24.5 Å². The van der Waals surface area contributed by atoms with Crippen molar-refractivity contribution in [2.45, 2.75) is 46.6 Å². The maximum atomic E-state index is 12.4. The van der Waals surface area contributed by atoms with Gasteiger partial charge < -0.3 is 10.4 Å². The number of ketones is 2. The standard InChI is InChI=1S/C17H23NO5/c1-10(16(22)23)18-15(21)13(17(2,3)4)9-14(20)11-5-7-12(19)8-6-11/h5-7,10,13H,8-9H2,1-4H3,(H,18,21)(H,22,23)/t10-,13+/m0/s1. The second kappa shape index (κ2) is 7.35. The van der Waals surface area contributed by atoms with Gasteiger partial charge in [-0.3, -0.25) is 19.2 Å². The van der Waals surface area contributed by atoms with Crippen LogP contribution in [0.5, 0.6) is 0 Å². The van der Waals surface area contributed by atoms with E-state index in [0.29, 0.717) is 5.57 Å². The van der Waals surface area contributed by atoms with Crippen LogP contribution in [0.25, 0.3) is 0 Å². The smallest absolute Gasteiger partial charge is 0.325 e. The number of hydrogen-bond donors (Lipinski definition) is 2. The van der Waals surface area contributed by atoms with Crippen molar-refractivity contribution in [2.24, 2.45) is 11.3 Å². The minimum atomic E-state index is -1.13. The molecule has 0 aromatic carbocycles. The molecular weight excluding hydrogens is 298 g/mol. The first-order valence-electron chi connectivity index (χ1n) is 7.50. The highest BCUT2D eigenvalue weighted by Crippen LogP contribution is 2.30. The Morgan fingerprint density at radius 1 is 1.26 bits per heavy atom. The average Bonchev–Trinajstić information content (AvgIpc) is 2.43. The zero-order chi connectivity index (χ0) is 17.8. The number of Topliss-reactive ketones (excluding diaryl/α,β-unsaturated/α-hetero) is 1. The van der Waals surface area contributed by atoms with Gasteiger partial charge in [0.2, 0.25) is 5.91 Å². The molecule has 0 aromatic heterocycles. The Morgan fingerprint density at radius 3 is 2.30 bits per heavy atom. The number of carbonyl (C=O) groups excluding carboxylic acids is 3. The Morgan fingerprint density at radius 2 is 1.87 bits per heavy atom. The van der Waals surface area contributed by atoms with Gasteiger partial charge in [0.1, 0.15) is 6.04 Å². The molecule has 6 nitrogen and oxygen atoms in total. The van der Waals surface area contributed by atoms with Gasteiger partial charge in [-0.25, -0.2) is 0 Å². The zero-order valence-corrected chi connectivity index (χ0v) is 13.9. The molecule has 2 atom stereocenters. The summed E-state index contributed by atoms with van der Waals surface area (Å²) in [5, 5.41) is 11.3. The molecule has 0 fully saturated rings. The van der Waals surface area contributed by atoms with Gasteiger partial charge in [-0.2, -0.15) is 0 Å². The van der Waals surface area contributed by atoms with Crippen molar-refractivity contribution in [2.75, 3.05) is 0 Å². The summed E-state index contributed by atoms with van der Waals surface area (Å²) in [7, 11) is 0. The van der Waals surface area contributed by atoms with Crippen LogP contribution in [0.2, 0.25) is 0 Å². The van der Waals surface area contributed by atoms with E-state index in [0.717, 1.165) is 0 Å². The molecule has 0 bridgehead atoms. The number of rotatable bonds is 6. The van der Waals surface area contributed by atoms with E-state index >= 15 is 0 Å². The molecule has 0 heterocycles. The Hall–Kier alpha value is -2.24. The molecule has 0 saturated heterocycles. The van der Waals surface area contributed by atoms with Crippen molar-refractivity contribution in [1.29, 1.82) is 0 Å². The van der Waals surface area contributed by atoms with Crippen LogP contribution in [0.4, 0.5) is 0 Å². The molecule has 126 valence electrons. The van der Waals surface area contributed by atoms with Crippen LogP contribution in [0.1, 0.15) is 40.5 Å². The van der Waals surface area contributed by atoms with E-state index in [9.17, 15) is 19.2 Å². The van der Waals surface area contributed by atoms with Crippen LogP contribution >= 0.6 is 0 Å². The topological polar surface area (TPSA) is 101 Å². The molecule has 2 N–H and O–H groups in total. The lowest BCUT2D eigenvalue weighted by molar-refractivity contribution is -0.143. The lowest BCUT2D eigenvalue weighted by Crippen LogP contribution is -2.45. The molecule has 1 rings (SSSR count). The van der Waals surface area contributed by atoms with Crippen LogP contribution < -0.4 is 5.32 Å². The lowest BCUT2D eigenvalue weighted by Gasteiger charge is -2.30. The molecule has 0 saturated carbocycles. The van der Waals surface area contributed by atoms with Gasteiger partial charge in [0.25, 0.3) is 0 Å². The van der Waals surface area contributed by atoms with Gasteiger partial charge in [0.15, 0.2) is 11.6 Å². The summed E-state index contributed by atoms with van der Waals surface area (Å²) in [5.41, 5.74) is -0.0925. The van der Waals surface area contributed by atoms with E-state index in [1.807, 2.05) is 20.8 Å². The van der Waals surface area contributed by atoms with E-state index < -0.39 is 29.3 Å². The van der Waals surface area contributed by atoms with Crippen LogP contribution in [0, 0.1) is 11.3 Å². The summed E-state index contributed by atoms with van der Waals surface area (Å²) in [4.78, 5) is 46.7. The highest BCUT2D eigenvalue weighted by molar-refractivity contribution is 6.04. The Balaban J connectivity index is 2.86. The fourth-order valence-corrected chi connectivity index (χ4v) is 2.21. The second-order valence-corrected chi connectivity index (χ2v) is 6.78. The second-order valence-electron chi connectivity index (χ2n) is 6.78. The number of carboxylic acids is 1. The molecule has 1 aliphatic rings. The van der Waals surface area contributed by atoms with Crippen LogP contribution in [0.15, 0.2) is 23.8 Å². The molecule has 1 amide bonds. The zero-order valence-electron chi connectivity index (χ0n) is 13.9. The molecule has 0 aromatic rings. The van der Waals surface area contributed by atoms with E-state index in [-0.39, 0.29) is 24.4 Å². The first-order chi connectivity index (χ1) is 10.5. The van der Waals surface area contributed by atoms with Crippen molar-refractivity contribution in [3.63, 3.8) is 0 Å². The lowest BCUT2D eigenvalue weighted by atomic mass is 9.76. The molecule has 1 aliphatic carbocycles. The molecular formula is C17H23NO5. The van der Waals surface area contributed by atoms with E-state index in [4.69, 9.17) is 5.11 Å². The van der Waals surface area contributed by atoms with Crippen molar-refractivity contribution >= 4 is 23.4 Å². The van der Waals surface area contributed by atoms with E-state index in [2.05, 4.69) is 5.32 Å². The molecule has 0 radical (unpaired) electrons. The number of amides is 1. The normalized spacial score (nSPS) is 17.2. The van der Waals surface area contributed by atoms with Gasteiger partial charge in [-0.15, -0.1) is 0 Å². The highest BCUT2D eigenvalue weighted by atomic mass is 16.4. The third-order valence-corrected chi connectivity index (χ3v) is 3.77. The quantitative estimate of drug-likeness (QED) is 0.775. The summed E-state index contributed by atoms with van der Waals surface area (Å²) >= 11 is 0. The Bertz CT molecular complexity index is 580. The van der Waals surface area contributed by atoms with Gasteiger partial charge >= 0.3 is 5.97 Å². The third kappa shape index (κ3) is 5.47. The first kappa shape index (κ1) is 18.8. The predicted octanol–water partition coefficient (Wildman–Crippen LogP) is 1.65. The molecule has 0 spiro atoms. The minimum absolute atomic E-state index is 0.0357. The van der Waals surface area contributed by atoms with Crippen molar-refractivity contribution < 1.29 is 24.3 Å². The van der Waals surface area contributed by atoms with Gasteiger partial charge in [0, 0.05) is 18.4 Å². The van der Waals surface area contributed by atoms with Gasteiger partial charge in [-0.1, -0.05) is 26.8 Å². The fourth-order valence-electron chi connectivity index (χ4n) is 2.21. The number of aliphatic carboxylic acids is 1. The van der Waals surface area contributed by atoms with E-state index in [1.165, 1.54) is 19.1 Å². The summed E-state index contributed by atoms with van der Waals surface area (Å²) in [6.07, 6.45) is 4.52. The number of hydrogen-bond acceptors (Lipinski definition) is 4. The maximum absolute atomic E-state index is 12.4. The predicted molar refractivity (Wildman–Crippen MR) is 84.7 cm³/mol. The molecule has 23 heavy (non-hydrogen) atoms. The molecule has 0 unspecified atom stereocenters. The molecule has 0 aliphatic heterocycles.